The van der Waals surface area contributed by atoms with Crippen molar-refractivity contribution in [1.29, 1.82) is 0 Å². The number of benzene rings is 4. The third kappa shape index (κ3) is 4.32. The quantitative estimate of drug-likeness (QED) is 0.303. The zero-order chi connectivity index (χ0) is 24.3. The van der Waals surface area contributed by atoms with Gasteiger partial charge in [0.2, 0.25) is 0 Å². The van der Waals surface area contributed by atoms with E-state index < -0.39 is 20.9 Å². The van der Waals surface area contributed by atoms with E-state index >= 15 is 0 Å². The minimum Gasteiger partial charge on any atom is -0.321 e. The van der Waals surface area contributed by atoms with Gasteiger partial charge < -0.3 is 5.32 Å². The molecular weight excluding hydrogens is 458 g/mol. The van der Waals surface area contributed by atoms with Gasteiger partial charge in [0, 0.05) is 34.2 Å². The highest BCUT2D eigenvalue weighted by molar-refractivity contribution is 7.92. The average molecular weight is 477 g/mol. The molecule has 172 valence electrons. The van der Waals surface area contributed by atoms with E-state index in [0.717, 1.165) is 4.47 Å². The molecule has 0 aliphatic carbocycles. The van der Waals surface area contributed by atoms with Crippen LogP contribution in [-0.2, 0) is 14.9 Å². The lowest BCUT2D eigenvalue weighted by atomic mass is 10.1. The highest BCUT2D eigenvalue weighted by Crippen LogP contribution is 2.33. The number of hydrogen-bond donors (Lipinski definition) is 1. The summed E-state index contributed by atoms with van der Waals surface area (Å²) in [5, 5.41) is 14.5. The number of nitrogens with one attached hydrogen (secondary N) is 1. The van der Waals surface area contributed by atoms with Crippen LogP contribution in [0.3, 0.4) is 0 Å². The Bertz CT molecular complexity index is 1470. The van der Waals surface area contributed by atoms with Crippen molar-refractivity contribution in [3.63, 3.8) is 0 Å². The second-order valence-corrected chi connectivity index (χ2v) is 8.89. The number of rotatable bonds is 7. The molecule has 34 heavy (non-hydrogen) atoms. The molecule has 0 fully saturated rings. The maximum Gasteiger partial charge on any atom is 0.287 e. The molecule has 0 aromatic heterocycles. The first-order valence-corrected chi connectivity index (χ1v) is 11.5. The summed E-state index contributed by atoms with van der Waals surface area (Å²) in [5.74, 6) is -0.488. The summed E-state index contributed by atoms with van der Waals surface area (Å²) in [6.07, 6.45) is 0. The van der Waals surface area contributed by atoms with Crippen molar-refractivity contribution >= 4 is 43.8 Å². The fourth-order valence-corrected chi connectivity index (χ4v) is 4.99. The SMILES string of the molecule is CON(c1ccccc1)S(=O)(=O)c1ccc(NC(=O)c2ccc([N+](=O)[O-])cc2)c2ccccc12. The number of amides is 1. The summed E-state index contributed by atoms with van der Waals surface area (Å²) in [6.45, 7) is 0. The Balaban J connectivity index is 1.73. The van der Waals surface area contributed by atoms with Crippen LogP contribution >= 0.6 is 0 Å². The number of carbonyl (C=O) groups excluding carboxylic acids is 1. The molecule has 0 spiro atoms. The van der Waals surface area contributed by atoms with Gasteiger partial charge in [-0.25, -0.2) is 0 Å². The van der Waals surface area contributed by atoms with Crippen molar-refractivity contribution in [2.45, 2.75) is 4.90 Å². The fourth-order valence-electron chi connectivity index (χ4n) is 3.52. The number of nitro groups is 1. The largest absolute Gasteiger partial charge is 0.321 e. The van der Waals surface area contributed by atoms with Crippen LogP contribution in [0.2, 0.25) is 0 Å². The summed E-state index contributed by atoms with van der Waals surface area (Å²) in [4.78, 5) is 28.2. The number of nitro benzene ring substituents is 1. The second-order valence-electron chi connectivity index (χ2n) is 7.17. The molecule has 0 radical (unpaired) electrons. The highest BCUT2D eigenvalue weighted by atomic mass is 32.2. The standard InChI is InChI=1S/C24H19N3O6S/c1-33-27(19-7-3-2-4-8-19)34(31,32)23-16-15-22(20-9-5-6-10-21(20)23)25-24(28)17-11-13-18(14-12-17)26(29)30/h2-16H,1H3,(H,25,28). The van der Waals surface area contributed by atoms with E-state index in [9.17, 15) is 23.3 Å². The van der Waals surface area contributed by atoms with Crippen LogP contribution in [0, 0.1) is 10.1 Å². The number of sulfonamides is 1. The zero-order valence-electron chi connectivity index (χ0n) is 17.9. The number of non-ortho nitro benzene ring substituents is 1. The van der Waals surface area contributed by atoms with Gasteiger partial charge in [-0.05, 0) is 36.4 Å². The first-order valence-electron chi connectivity index (χ1n) is 10.0. The number of nitrogens with zero attached hydrogens (tertiary/aromatic N) is 2. The highest BCUT2D eigenvalue weighted by Gasteiger charge is 2.28. The third-order valence-corrected chi connectivity index (χ3v) is 6.81. The molecule has 0 aliphatic heterocycles. The van der Waals surface area contributed by atoms with Gasteiger partial charge in [-0.1, -0.05) is 42.5 Å². The van der Waals surface area contributed by atoms with Crippen molar-refractivity contribution in [3.8, 4) is 0 Å². The third-order valence-electron chi connectivity index (χ3n) is 5.10. The number of para-hydroxylation sites is 1. The first kappa shape index (κ1) is 22.9. The van der Waals surface area contributed by atoms with Gasteiger partial charge in [0.05, 0.1) is 22.6 Å². The number of hydrogen-bond acceptors (Lipinski definition) is 6. The topological polar surface area (TPSA) is 119 Å². The molecule has 4 rings (SSSR count). The Labute approximate surface area is 195 Å². The molecule has 10 heteroatoms. The van der Waals surface area contributed by atoms with E-state index in [1.807, 2.05) is 0 Å². The smallest absolute Gasteiger partial charge is 0.287 e. The summed E-state index contributed by atoms with van der Waals surface area (Å²) in [5.41, 5.74) is 0.824. The lowest BCUT2D eigenvalue weighted by molar-refractivity contribution is -0.384. The Morgan fingerprint density at radius 3 is 2.12 bits per heavy atom. The fraction of sp³-hybridized carbons (Fsp3) is 0.0417. The van der Waals surface area contributed by atoms with Crippen molar-refractivity contribution in [3.05, 3.63) is 107 Å². The van der Waals surface area contributed by atoms with Crippen LogP contribution < -0.4 is 9.79 Å². The van der Waals surface area contributed by atoms with Crippen LogP contribution in [-0.4, -0.2) is 26.4 Å². The molecule has 0 saturated carbocycles. The van der Waals surface area contributed by atoms with Crippen molar-refractivity contribution in [2.75, 3.05) is 16.9 Å². The van der Waals surface area contributed by atoms with E-state index in [1.165, 1.54) is 43.5 Å². The van der Waals surface area contributed by atoms with E-state index in [0.29, 0.717) is 22.1 Å². The van der Waals surface area contributed by atoms with Crippen molar-refractivity contribution < 1.29 is 23.0 Å². The monoisotopic (exact) mass is 477 g/mol. The molecule has 1 amide bonds. The van der Waals surface area contributed by atoms with Gasteiger partial charge in [0.15, 0.2) is 0 Å². The Kier molecular flexibility index (Phi) is 6.26. The summed E-state index contributed by atoms with van der Waals surface area (Å²) < 4.78 is 27.8. The predicted octanol–water partition coefficient (Wildman–Crippen LogP) is 4.76. The molecule has 1 N–H and O–H groups in total. The van der Waals surface area contributed by atoms with Crippen LogP contribution in [0.4, 0.5) is 17.1 Å². The lowest BCUT2D eigenvalue weighted by Gasteiger charge is -2.22. The molecule has 0 atom stereocenters. The Morgan fingerprint density at radius 1 is 0.882 bits per heavy atom. The molecule has 4 aromatic carbocycles. The van der Waals surface area contributed by atoms with Crippen LogP contribution in [0.25, 0.3) is 10.8 Å². The van der Waals surface area contributed by atoms with Gasteiger partial charge in [0.1, 0.15) is 0 Å². The van der Waals surface area contributed by atoms with Gasteiger partial charge in [0.25, 0.3) is 21.6 Å². The van der Waals surface area contributed by atoms with Crippen LogP contribution in [0.5, 0.6) is 0 Å². The van der Waals surface area contributed by atoms with Crippen LogP contribution in [0.1, 0.15) is 10.4 Å². The van der Waals surface area contributed by atoms with Crippen LogP contribution in [0.15, 0.2) is 95.9 Å². The second kappa shape index (κ2) is 9.30. The molecule has 0 aliphatic rings. The van der Waals surface area contributed by atoms with E-state index in [1.54, 1.807) is 54.6 Å². The van der Waals surface area contributed by atoms with Crippen molar-refractivity contribution in [2.24, 2.45) is 0 Å². The van der Waals surface area contributed by atoms with E-state index in [4.69, 9.17) is 4.84 Å². The van der Waals surface area contributed by atoms with Gasteiger partial charge in [-0.15, -0.1) is 4.47 Å². The first-order chi connectivity index (χ1) is 16.3. The Morgan fingerprint density at radius 2 is 1.50 bits per heavy atom. The predicted molar refractivity (Wildman–Crippen MR) is 128 cm³/mol. The minimum absolute atomic E-state index is 0.00198. The molecular formula is C24H19N3O6S. The molecule has 0 bridgehead atoms. The molecule has 0 unspecified atom stereocenters. The average Bonchev–Trinajstić information content (AvgIpc) is 2.85. The normalized spacial score (nSPS) is 11.2. The van der Waals surface area contributed by atoms with E-state index in [-0.39, 0.29) is 16.1 Å². The summed E-state index contributed by atoms with van der Waals surface area (Å²) in [7, 11) is -2.84. The molecule has 0 heterocycles. The summed E-state index contributed by atoms with van der Waals surface area (Å²) in [6, 6.07) is 23.2. The zero-order valence-corrected chi connectivity index (χ0v) is 18.7. The lowest BCUT2D eigenvalue weighted by Crippen LogP contribution is -2.30. The maximum atomic E-state index is 13.5. The molecule has 4 aromatic rings. The van der Waals surface area contributed by atoms with Gasteiger partial charge >= 0.3 is 0 Å². The summed E-state index contributed by atoms with van der Waals surface area (Å²) >= 11 is 0. The number of anilines is 2. The van der Waals surface area contributed by atoms with Gasteiger partial charge in [-0.2, -0.15) is 8.42 Å². The number of carbonyl (C=O) groups is 1. The number of fused-ring (bicyclic) bond motifs is 1. The maximum absolute atomic E-state index is 13.5. The molecule has 0 saturated heterocycles. The minimum atomic E-state index is -4.11. The van der Waals surface area contributed by atoms with Crippen molar-refractivity contribution in [1.82, 2.24) is 0 Å². The van der Waals surface area contributed by atoms with E-state index in [2.05, 4.69) is 5.32 Å². The van der Waals surface area contributed by atoms with Gasteiger partial charge in [-0.3, -0.25) is 19.7 Å². The molecule has 9 nitrogen and oxygen atoms in total. The Hall–Kier alpha value is -4.28.